The lowest BCUT2D eigenvalue weighted by atomic mass is 10.1. The van der Waals surface area contributed by atoms with Gasteiger partial charge in [-0.05, 0) is 11.6 Å². The molecule has 1 saturated heterocycles. The molecule has 1 aromatic carbocycles. The van der Waals surface area contributed by atoms with E-state index in [4.69, 9.17) is 9.47 Å². The van der Waals surface area contributed by atoms with Gasteiger partial charge in [0.15, 0.2) is 0 Å². The van der Waals surface area contributed by atoms with Gasteiger partial charge in [0.1, 0.15) is 0 Å². The van der Waals surface area contributed by atoms with E-state index < -0.39 is 6.43 Å². The number of hydrogen-bond acceptors (Lipinski definition) is 3. The fourth-order valence-corrected chi connectivity index (χ4v) is 1.87. The van der Waals surface area contributed by atoms with Gasteiger partial charge in [-0.3, -0.25) is 0 Å². The molecule has 1 aromatic rings. The first-order chi connectivity index (χ1) is 8.75. The number of benzene rings is 1. The van der Waals surface area contributed by atoms with Gasteiger partial charge < -0.3 is 14.8 Å². The molecule has 1 aliphatic rings. The van der Waals surface area contributed by atoms with Crippen LogP contribution in [0.3, 0.4) is 0 Å². The molecule has 0 aromatic heterocycles. The molecule has 3 nitrogen and oxygen atoms in total. The second kappa shape index (κ2) is 6.78. The van der Waals surface area contributed by atoms with E-state index in [1.807, 2.05) is 6.07 Å². The average Bonchev–Trinajstić information content (AvgIpc) is 2.40. The fraction of sp³-hybridized carbons (Fsp3) is 0.538. The van der Waals surface area contributed by atoms with E-state index in [2.05, 4.69) is 5.32 Å². The molecule has 1 fully saturated rings. The van der Waals surface area contributed by atoms with E-state index in [0.717, 1.165) is 5.56 Å². The van der Waals surface area contributed by atoms with Crippen LogP contribution < -0.4 is 5.32 Å². The van der Waals surface area contributed by atoms with Crippen molar-refractivity contribution >= 4 is 0 Å². The summed E-state index contributed by atoms with van der Waals surface area (Å²) in [5.74, 6) is 0. The molecule has 1 aliphatic heterocycles. The molecule has 1 unspecified atom stereocenters. The van der Waals surface area contributed by atoms with E-state index in [0.29, 0.717) is 32.9 Å². The summed E-state index contributed by atoms with van der Waals surface area (Å²) in [5, 5.41) is 3.19. The van der Waals surface area contributed by atoms with Crippen molar-refractivity contribution in [3.63, 3.8) is 0 Å². The molecule has 0 saturated carbocycles. The topological polar surface area (TPSA) is 30.5 Å². The molecular formula is C13H17F2NO2. The number of hydrogen-bond donors (Lipinski definition) is 1. The Labute approximate surface area is 105 Å². The molecule has 0 amide bonds. The van der Waals surface area contributed by atoms with Crippen molar-refractivity contribution in [2.75, 3.05) is 26.4 Å². The van der Waals surface area contributed by atoms with Gasteiger partial charge in [0.2, 0.25) is 0 Å². The van der Waals surface area contributed by atoms with Crippen molar-refractivity contribution in [2.45, 2.75) is 19.1 Å². The quantitative estimate of drug-likeness (QED) is 0.876. The predicted molar refractivity (Wildman–Crippen MR) is 63.7 cm³/mol. The normalized spacial score (nSPS) is 20.3. The highest BCUT2D eigenvalue weighted by Crippen LogP contribution is 2.19. The Morgan fingerprint density at radius 2 is 2.22 bits per heavy atom. The molecule has 0 radical (unpaired) electrons. The summed E-state index contributed by atoms with van der Waals surface area (Å²) in [5.41, 5.74) is 0.913. The van der Waals surface area contributed by atoms with Gasteiger partial charge in [0, 0.05) is 18.7 Å². The number of alkyl halides is 2. The molecule has 1 heterocycles. The summed E-state index contributed by atoms with van der Waals surface area (Å²) in [6, 6.07) is 6.44. The Hall–Kier alpha value is -1.04. The summed E-state index contributed by atoms with van der Waals surface area (Å²) in [4.78, 5) is 0. The van der Waals surface area contributed by atoms with Gasteiger partial charge in [-0.25, -0.2) is 8.78 Å². The molecule has 2 rings (SSSR count). The Morgan fingerprint density at radius 3 is 2.94 bits per heavy atom. The highest BCUT2D eigenvalue weighted by Gasteiger charge is 2.13. The Balaban J connectivity index is 1.77. The maximum Gasteiger partial charge on any atom is 0.263 e. The van der Waals surface area contributed by atoms with Crippen molar-refractivity contribution < 1.29 is 18.3 Å². The third kappa shape index (κ3) is 4.01. The van der Waals surface area contributed by atoms with E-state index in [9.17, 15) is 8.78 Å². The first-order valence-corrected chi connectivity index (χ1v) is 6.03. The zero-order valence-electron chi connectivity index (χ0n) is 10.1. The lowest BCUT2D eigenvalue weighted by molar-refractivity contribution is -0.0864. The minimum atomic E-state index is -2.42. The van der Waals surface area contributed by atoms with Gasteiger partial charge in [0.25, 0.3) is 6.43 Å². The van der Waals surface area contributed by atoms with Gasteiger partial charge in [-0.15, -0.1) is 0 Å². The van der Waals surface area contributed by atoms with Crippen LogP contribution in [0.5, 0.6) is 0 Å². The molecule has 100 valence electrons. The highest BCUT2D eigenvalue weighted by atomic mass is 19.3. The molecule has 0 bridgehead atoms. The van der Waals surface area contributed by atoms with E-state index in [1.54, 1.807) is 6.07 Å². The summed E-state index contributed by atoms with van der Waals surface area (Å²) in [6.07, 6.45) is -2.36. The molecule has 18 heavy (non-hydrogen) atoms. The average molecular weight is 257 g/mol. The van der Waals surface area contributed by atoms with Gasteiger partial charge >= 0.3 is 0 Å². The first kappa shape index (κ1) is 13.4. The van der Waals surface area contributed by atoms with Crippen LogP contribution in [0.15, 0.2) is 24.3 Å². The smallest absolute Gasteiger partial charge is 0.263 e. The Kier molecular flexibility index (Phi) is 5.04. The van der Waals surface area contributed by atoms with Crippen LogP contribution in [0.25, 0.3) is 0 Å². The number of halogens is 2. The first-order valence-electron chi connectivity index (χ1n) is 6.03. The van der Waals surface area contributed by atoms with Crippen molar-refractivity contribution in [2.24, 2.45) is 0 Å². The summed E-state index contributed by atoms with van der Waals surface area (Å²) in [6.45, 7) is 3.07. The molecule has 0 aliphatic carbocycles. The van der Waals surface area contributed by atoms with Crippen LogP contribution in [0, 0.1) is 0 Å². The lowest BCUT2D eigenvalue weighted by Crippen LogP contribution is -2.37. The van der Waals surface area contributed by atoms with Crippen LogP contribution in [-0.2, 0) is 16.0 Å². The minimum absolute atomic E-state index is 0.0528. The maximum absolute atomic E-state index is 12.5. The molecule has 0 spiro atoms. The third-order valence-electron chi connectivity index (χ3n) is 2.79. The van der Waals surface area contributed by atoms with Crippen LogP contribution in [0.2, 0.25) is 0 Å². The molecule has 1 atom stereocenters. The van der Waals surface area contributed by atoms with Crippen LogP contribution >= 0.6 is 0 Å². The van der Waals surface area contributed by atoms with Gasteiger partial charge in [-0.2, -0.15) is 0 Å². The third-order valence-corrected chi connectivity index (χ3v) is 2.79. The molecule has 5 heteroatoms. The number of ether oxygens (including phenoxy) is 2. The largest absolute Gasteiger partial charge is 0.376 e. The van der Waals surface area contributed by atoms with E-state index in [1.165, 1.54) is 12.1 Å². The minimum Gasteiger partial charge on any atom is -0.376 e. The molecule has 1 N–H and O–H groups in total. The maximum atomic E-state index is 12.5. The fourth-order valence-electron chi connectivity index (χ4n) is 1.87. The van der Waals surface area contributed by atoms with Crippen LogP contribution in [0.4, 0.5) is 8.78 Å². The Bertz CT molecular complexity index is 368. The van der Waals surface area contributed by atoms with Crippen molar-refractivity contribution in [3.05, 3.63) is 35.4 Å². The lowest BCUT2D eigenvalue weighted by Gasteiger charge is -2.23. The van der Waals surface area contributed by atoms with Crippen molar-refractivity contribution in [3.8, 4) is 0 Å². The zero-order chi connectivity index (χ0) is 12.8. The van der Waals surface area contributed by atoms with Crippen LogP contribution in [-0.4, -0.2) is 32.5 Å². The zero-order valence-corrected chi connectivity index (χ0v) is 10.1. The van der Waals surface area contributed by atoms with E-state index in [-0.39, 0.29) is 11.7 Å². The number of nitrogens with one attached hydrogen (secondary N) is 1. The van der Waals surface area contributed by atoms with E-state index >= 15 is 0 Å². The highest BCUT2D eigenvalue weighted by molar-refractivity contribution is 5.24. The van der Waals surface area contributed by atoms with Gasteiger partial charge in [0.05, 0.1) is 25.9 Å². The monoisotopic (exact) mass is 257 g/mol. The number of rotatable bonds is 5. The molecular weight excluding hydrogens is 240 g/mol. The summed E-state index contributed by atoms with van der Waals surface area (Å²) >= 11 is 0. The second-order valence-electron chi connectivity index (χ2n) is 4.24. The Morgan fingerprint density at radius 1 is 1.33 bits per heavy atom. The van der Waals surface area contributed by atoms with Crippen molar-refractivity contribution in [1.82, 2.24) is 5.32 Å². The van der Waals surface area contributed by atoms with Gasteiger partial charge in [-0.1, -0.05) is 18.2 Å². The SMILES string of the molecule is FC(F)c1cccc(CNCC2COCCO2)c1. The standard InChI is InChI=1S/C13H17F2NO2/c14-13(15)11-3-1-2-10(6-11)7-16-8-12-9-17-4-5-18-12/h1-3,6,12-13,16H,4-5,7-9H2. The summed E-state index contributed by atoms with van der Waals surface area (Å²) < 4.78 is 35.7. The second-order valence-corrected chi connectivity index (χ2v) is 4.24. The summed E-state index contributed by atoms with van der Waals surface area (Å²) in [7, 11) is 0. The van der Waals surface area contributed by atoms with Crippen LogP contribution in [0.1, 0.15) is 17.6 Å². The van der Waals surface area contributed by atoms with Crippen molar-refractivity contribution in [1.29, 1.82) is 0 Å². The predicted octanol–water partition coefficient (Wildman–Crippen LogP) is 2.13.